The molecule has 3 heteroatoms. The van der Waals surface area contributed by atoms with Crippen LogP contribution in [0.2, 0.25) is 0 Å². The lowest BCUT2D eigenvalue weighted by Crippen LogP contribution is -2.40. The van der Waals surface area contributed by atoms with Gasteiger partial charge in [0.25, 0.3) is 0 Å². The third kappa shape index (κ3) is 4.75. The van der Waals surface area contributed by atoms with Crippen molar-refractivity contribution in [3.63, 3.8) is 0 Å². The van der Waals surface area contributed by atoms with Gasteiger partial charge in [-0.1, -0.05) is 6.92 Å². The van der Waals surface area contributed by atoms with Crippen LogP contribution in [0.15, 0.2) is 0 Å². The first-order chi connectivity index (χ1) is 7.27. The van der Waals surface area contributed by atoms with Crippen LogP contribution < -0.4 is 5.32 Å². The van der Waals surface area contributed by atoms with Gasteiger partial charge in [0.15, 0.2) is 0 Å². The number of hydrogen-bond donors (Lipinski definition) is 1. The summed E-state index contributed by atoms with van der Waals surface area (Å²) in [5, 5.41) is 4.28. The number of methoxy groups -OCH3 is 1. The summed E-state index contributed by atoms with van der Waals surface area (Å²) in [6.45, 7) is 3.29. The van der Waals surface area contributed by atoms with Crippen LogP contribution in [0, 0.1) is 5.92 Å². The summed E-state index contributed by atoms with van der Waals surface area (Å²) in [5.74, 6) is 2.15. The SMILES string of the molecule is CNC1CCC(C)CC1SCCCOC. The zero-order valence-corrected chi connectivity index (χ0v) is 11.1. The first-order valence-corrected chi connectivity index (χ1v) is 7.10. The van der Waals surface area contributed by atoms with Gasteiger partial charge in [0.2, 0.25) is 0 Å². The van der Waals surface area contributed by atoms with Crippen molar-refractivity contribution in [1.29, 1.82) is 0 Å². The molecule has 1 rings (SSSR count). The fourth-order valence-electron chi connectivity index (χ4n) is 2.28. The van der Waals surface area contributed by atoms with E-state index in [-0.39, 0.29) is 0 Å². The molecule has 0 heterocycles. The highest BCUT2D eigenvalue weighted by atomic mass is 32.2. The van der Waals surface area contributed by atoms with Gasteiger partial charge in [0.1, 0.15) is 0 Å². The molecule has 1 aliphatic carbocycles. The molecule has 90 valence electrons. The average molecular weight is 231 g/mol. The number of rotatable bonds is 6. The van der Waals surface area contributed by atoms with Gasteiger partial charge in [-0.05, 0) is 44.4 Å². The minimum atomic E-state index is 0.730. The monoisotopic (exact) mass is 231 g/mol. The molecule has 0 aliphatic heterocycles. The van der Waals surface area contributed by atoms with E-state index in [4.69, 9.17) is 4.74 Å². The van der Waals surface area contributed by atoms with Crippen molar-refractivity contribution >= 4 is 11.8 Å². The molecular weight excluding hydrogens is 206 g/mol. The summed E-state index contributed by atoms with van der Waals surface area (Å²) in [4.78, 5) is 0. The molecule has 1 fully saturated rings. The lowest BCUT2D eigenvalue weighted by molar-refractivity contribution is 0.200. The molecule has 15 heavy (non-hydrogen) atoms. The fourth-order valence-corrected chi connectivity index (χ4v) is 3.84. The molecule has 3 atom stereocenters. The largest absolute Gasteiger partial charge is 0.385 e. The van der Waals surface area contributed by atoms with Crippen LogP contribution in [0.3, 0.4) is 0 Å². The van der Waals surface area contributed by atoms with Crippen molar-refractivity contribution in [3.05, 3.63) is 0 Å². The first-order valence-electron chi connectivity index (χ1n) is 6.05. The standard InChI is InChI=1S/C12H25NOS/c1-10-5-6-11(13-2)12(9-10)15-8-4-7-14-3/h10-13H,4-9H2,1-3H3. The van der Waals surface area contributed by atoms with Crippen molar-refractivity contribution < 1.29 is 4.74 Å². The summed E-state index contributed by atoms with van der Waals surface area (Å²) >= 11 is 2.13. The topological polar surface area (TPSA) is 21.3 Å². The van der Waals surface area contributed by atoms with Gasteiger partial charge in [0, 0.05) is 25.0 Å². The highest BCUT2D eigenvalue weighted by Crippen LogP contribution is 2.32. The smallest absolute Gasteiger partial charge is 0.0470 e. The summed E-state index contributed by atoms with van der Waals surface area (Å²) in [7, 11) is 3.88. The molecule has 1 saturated carbocycles. The number of hydrogen-bond acceptors (Lipinski definition) is 3. The second-order valence-electron chi connectivity index (χ2n) is 4.57. The Labute approximate surface area is 98.5 Å². The van der Waals surface area contributed by atoms with Crippen molar-refractivity contribution in [2.45, 2.75) is 43.9 Å². The molecule has 0 aromatic carbocycles. The van der Waals surface area contributed by atoms with E-state index in [1.807, 2.05) is 0 Å². The maximum Gasteiger partial charge on any atom is 0.0470 e. The molecule has 0 aromatic rings. The molecule has 0 spiro atoms. The van der Waals surface area contributed by atoms with E-state index < -0.39 is 0 Å². The number of nitrogens with one attached hydrogen (secondary N) is 1. The summed E-state index contributed by atoms with van der Waals surface area (Å²) in [6.07, 6.45) is 5.30. The van der Waals surface area contributed by atoms with Gasteiger partial charge < -0.3 is 10.1 Å². The Hall–Kier alpha value is 0.270. The van der Waals surface area contributed by atoms with E-state index >= 15 is 0 Å². The lowest BCUT2D eigenvalue weighted by atomic mass is 9.87. The molecule has 0 bridgehead atoms. The maximum atomic E-state index is 5.08. The first kappa shape index (κ1) is 13.3. The second-order valence-corrected chi connectivity index (χ2v) is 5.92. The van der Waals surface area contributed by atoms with Crippen molar-refractivity contribution in [3.8, 4) is 0 Å². The maximum absolute atomic E-state index is 5.08. The van der Waals surface area contributed by atoms with Crippen LogP contribution in [0.4, 0.5) is 0 Å². The van der Waals surface area contributed by atoms with Crippen molar-refractivity contribution in [1.82, 2.24) is 5.32 Å². The highest BCUT2D eigenvalue weighted by Gasteiger charge is 2.27. The van der Waals surface area contributed by atoms with Gasteiger partial charge in [-0.3, -0.25) is 0 Å². The van der Waals surface area contributed by atoms with Gasteiger partial charge in [-0.25, -0.2) is 0 Å². The predicted octanol–water partition coefficient (Wildman–Crippen LogP) is 2.53. The van der Waals surface area contributed by atoms with Gasteiger partial charge in [-0.2, -0.15) is 11.8 Å². The normalized spacial score (nSPS) is 31.8. The van der Waals surface area contributed by atoms with Crippen LogP contribution in [0.1, 0.15) is 32.6 Å². The Kier molecular flexibility index (Phi) is 6.69. The Bertz CT molecular complexity index is 166. The third-order valence-corrected chi connectivity index (χ3v) is 4.72. The number of thioether (sulfide) groups is 1. The minimum absolute atomic E-state index is 0.730. The van der Waals surface area contributed by atoms with E-state index in [0.29, 0.717) is 0 Å². The van der Waals surface area contributed by atoms with Crippen molar-refractivity contribution in [2.75, 3.05) is 26.5 Å². The molecule has 1 N–H and O–H groups in total. The van der Waals surface area contributed by atoms with Gasteiger partial charge in [-0.15, -0.1) is 0 Å². The average Bonchev–Trinajstić information content (AvgIpc) is 2.25. The highest BCUT2D eigenvalue weighted by molar-refractivity contribution is 7.99. The van der Waals surface area contributed by atoms with E-state index in [1.54, 1.807) is 7.11 Å². The molecule has 1 aliphatic rings. The van der Waals surface area contributed by atoms with Gasteiger partial charge >= 0.3 is 0 Å². The summed E-state index contributed by atoms with van der Waals surface area (Å²) in [6, 6.07) is 0.730. The van der Waals surface area contributed by atoms with E-state index in [2.05, 4.69) is 31.1 Å². The predicted molar refractivity (Wildman–Crippen MR) is 68.6 cm³/mol. The molecule has 0 aromatic heterocycles. The molecule has 2 nitrogen and oxygen atoms in total. The van der Waals surface area contributed by atoms with E-state index in [0.717, 1.165) is 23.8 Å². The van der Waals surface area contributed by atoms with Crippen LogP contribution in [-0.2, 0) is 4.74 Å². The molecular formula is C12H25NOS. The summed E-state index contributed by atoms with van der Waals surface area (Å²) < 4.78 is 5.08. The molecule has 3 unspecified atom stereocenters. The Balaban J connectivity index is 2.22. The number of ether oxygens (including phenoxy) is 1. The van der Waals surface area contributed by atoms with Crippen molar-refractivity contribution in [2.24, 2.45) is 5.92 Å². The molecule has 0 radical (unpaired) electrons. The quantitative estimate of drug-likeness (QED) is 0.710. The zero-order valence-electron chi connectivity index (χ0n) is 10.3. The molecule has 0 saturated heterocycles. The van der Waals surface area contributed by atoms with Gasteiger partial charge in [0.05, 0.1) is 0 Å². The van der Waals surface area contributed by atoms with E-state index in [1.165, 1.54) is 31.4 Å². The Morgan fingerprint density at radius 2 is 2.20 bits per heavy atom. The Morgan fingerprint density at radius 3 is 2.87 bits per heavy atom. The Morgan fingerprint density at radius 1 is 1.40 bits per heavy atom. The van der Waals surface area contributed by atoms with Crippen LogP contribution in [0.25, 0.3) is 0 Å². The second kappa shape index (κ2) is 7.53. The van der Waals surface area contributed by atoms with Crippen LogP contribution >= 0.6 is 11.8 Å². The minimum Gasteiger partial charge on any atom is -0.385 e. The molecule has 0 amide bonds. The zero-order chi connectivity index (χ0) is 11.1. The summed E-state index contributed by atoms with van der Waals surface area (Å²) in [5.41, 5.74) is 0. The van der Waals surface area contributed by atoms with Crippen LogP contribution in [0.5, 0.6) is 0 Å². The fraction of sp³-hybridized carbons (Fsp3) is 1.00. The van der Waals surface area contributed by atoms with E-state index in [9.17, 15) is 0 Å². The van der Waals surface area contributed by atoms with Crippen LogP contribution in [-0.4, -0.2) is 37.8 Å². The third-order valence-electron chi connectivity index (χ3n) is 3.25. The lowest BCUT2D eigenvalue weighted by Gasteiger charge is -2.34.